The van der Waals surface area contributed by atoms with Gasteiger partial charge in [0.1, 0.15) is 10.3 Å². The zero-order chi connectivity index (χ0) is 27.4. The lowest BCUT2D eigenvalue weighted by atomic mass is 9.98. The van der Waals surface area contributed by atoms with Gasteiger partial charge in [-0.1, -0.05) is 19.1 Å². The van der Waals surface area contributed by atoms with Crippen molar-refractivity contribution in [3.05, 3.63) is 41.3 Å². The third-order valence-corrected chi connectivity index (χ3v) is 10.3. The Morgan fingerprint density at radius 1 is 1.26 bits per heavy atom. The normalized spacial score (nSPS) is 21.8. The predicted molar refractivity (Wildman–Crippen MR) is 144 cm³/mol. The fourth-order valence-corrected chi connectivity index (χ4v) is 7.05. The number of nitrogens with one attached hydrogen (secondary N) is 1. The Balaban J connectivity index is 1.69. The zero-order valence-corrected chi connectivity index (χ0v) is 23.5. The molecule has 2 aliphatic heterocycles. The number of likely N-dealkylation sites (N-methyl/N-ethyl adjacent to an activating group) is 1. The molecule has 2 N–H and O–H groups in total. The number of ether oxygens (including phenoxy) is 2. The largest absolute Gasteiger partial charge is 0.486 e. The fraction of sp³-hybridized carbons (Fsp3) is 0.538. The molecule has 1 aromatic heterocycles. The van der Waals surface area contributed by atoms with E-state index in [1.807, 2.05) is 6.92 Å². The molecule has 3 atom stereocenters. The molecule has 12 heteroatoms. The number of sulfonamides is 1. The van der Waals surface area contributed by atoms with Gasteiger partial charge in [0.05, 0.1) is 30.4 Å². The van der Waals surface area contributed by atoms with Crippen molar-refractivity contribution in [2.24, 2.45) is 11.8 Å². The minimum Gasteiger partial charge on any atom is -0.486 e. The number of carbonyl (C=O) groups excluding carboxylic acids is 2. The topological polar surface area (TPSA) is 125 Å². The van der Waals surface area contributed by atoms with Crippen LogP contribution in [0.2, 0.25) is 0 Å². The highest BCUT2D eigenvalue weighted by Gasteiger charge is 2.36. The number of benzene rings is 1. The molecule has 38 heavy (non-hydrogen) atoms. The maximum Gasteiger partial charge on any atom is 0.258 e. The molecule has 4 rings (SSSR count). The summed E-state index contributed by atoms with van der Waals surface area (Å²) in [6, 6.07) is 7.75. The molecule has 0 unspecified atom stereocenters. The van der Waals surface area contributed by atoms with Crippen molar-refractivity contribution >= 4 is 38.9 Å². The average molecular weight is 566 g/mol. The molecule has 10 nitrogen and oxygen atoms in total. The van der Waals surface area contributed by atoms with Gasteiger partial charge in [-0.15, -0.1) is 11.3 Å². The molecule has 0 saturated carbocycles. The molecular weight excluding hydrogens is 530 g/mol. The van der Waals surface area contributed by atoms with Crippen molar-refractivity contribution in [3.63, 3.8) is 0 Å². The molecule has 0 bridgehead atoms. The number of aliphatic hydroxyl groups is 1. The van der Waals surface area contributed by atoms with Gasteiger partial charge >= 0.3 is 0 Å². The van der Waals surface area contributed by atoms with Gasteiger partial charge in [-0.05, 0) is 43.3 Å². The van der Waals surface area contributed by atoms with E-state index in [1.54, 1.807) is 47.5 Å². The maximum absolute atomic E-state index is 13.6. The van der Waals surface area contributed by atoms with Gasteiger partial charge in [0.15, 0.2) is 5.75 Å². The first-order valence-corrected chi connectivity index (χ1v) is 15.1. The van der Waals surface area contributed by atoms with Gasteiger partial charge in [0.2, 0.25) is 5.91 Å². The van der Waals surface area contributed by atoms with Gasteiger partial charge < -0.3 is 24.8 Å². The molecule has 0 aliphatic carbocycles. The average Bonchev–Trinajstić information content (AvgIpc) is 3.47. The van der Waals surface area contributed by atoms with E-state index in [2.05, 4.69) is 5.32 Å². The van der Waals surface area contributed by atoms with Crippen LogP contribution in [-0.4, -0.2) is 86.6 Å². The third kappa shape index (κ3) is 6.04. The molecule has 2 aliphatic rings. The lowest BCUT2D eigenvalue weighted by molar-refractivity contribution is -0.122. The van der Waals surface area contributed by atoms with Crippen molar-refractivity contribution in [2.45, 2.75) is 43.0 Å². The standard InChI is InChI=1S/C26H35N3O7S2/c1-17-14-29(18(2)16-30)26(32)20-6-4-7-21(27-25(31)19-9-11-35-12-10-19)24(20)36-22(17)15-28(3)38(33,34)23-8-5-13-37-23/h4-8,13,17-19,22,30H,9-12,14-16H2,1-3H3,(H,27,31)/t17-,18-,22+/m0/s1. The van der Waals surface area contributed by atoms with E-state index in [0.29, 0.717) is 31.7 Å². The van der Waals surface area contributed by atoms with Crippen LogP contribution in [0.4, 0.5) is 5.69 Å². The van der Waals surface area contributed by atoms with Crippen LogP contribution in [0.1, 0.15) is 37.0 Å². The molecule has 1 saturated heterocycles. The monoisotopic (exact) mass is 565 g/mol. The second kappa shape index (κ2) is 12.1. The zero-order valence-electron chi connectivity index (χ0n) is 21.8. The molecule has 3 heterocycles. The fourth-order valence-electron chi connectivity index (χ4n) is 4.67. The Bertz CT molecular complexity index is 1230. The number of carbonyl (C=O) groups is 2. The second-order valence-electron chi connectivity index (χ2n) is 9.90. The lowest BCUT2D eigenvalue weighted by Crippen LogP contribution is -2.50. The van der Waals surface area contributed by atoms with E-state index in [4.69, 9.17) is 9.47 Å². The van der Waals surface area contributed by atoms with Crippen LogP contribution in [0.5, 0.6) is 5.75 Å². The number of para-hydroxylation sites is 1. The number of hydrogen-bond donors (Lipinski definition) is 2. The summed E-state index contributed by atoms with van der Waals surface area (Å²) in [5.41, 5.74) is 0.600. The lowest BCUT2D eigenvalue weighted by Gasteiger charge is -2.38. The minimum atomic E-state index is -3.74. The summed E-state index contributed by atoms with van der Waals surface area (Å²) >= 11 is 1.14. The molecule has 208 valence electrons. The Morgan fingerprint density at radius 2 is 2.00 bits per heavy atom. The van der Waals surface area contributed by atoms with E-state index in [-0.39, 0.29) is 58.9 Å². The van der Waals surface area contributed by atoms with Crippen LogP contribution in [-0.2, 0) is 19.6 Å². The van der Waals surface area contributed by atoms with Crippen molar-refractivity contribution in [3.8, 4) is 5.75 Å². The summed E-state index contributed by atoms with van der Waals surface area (Å²) in [7, 11) is -2.23. The van der Waals surface area contributed by atoms with E-state index < -0.39 is 22.2 Å². The number of anilines is 1. The quantitative estimate of drug-likeness (QED) is 0.504. The molecule has 0 radical (unpaired) electrons. The Morgan fingerprint density at radius 3 is 2.66 bits per heavy atom. The molecule has 2 amide bonds. The van der Waals surface area contributed by atoms with Gasteiger partial charge in [-0.2, -0.15) is 4.31 Å². The number of hydrogen-bond acceptors (Lipinski definition) is 8. The third-order valence-electron chi connectivity index (χ3n) is 7.14. The Hall–Kier alpha value is -2.51. The number of rotatable bonds is 8. The summed E-state index contributed by atoms with van der Waals surface area (Å²) in [4.78, 5) is 28.3. The molecule has 1 fully saturated rings. The highest BCUT2D eigenvalue weighted by Crippen LogP contribution is 2.36. The number of nitrogens with zero attached hydrogens (tertiary/aromatic N) is 2. The number of fused-ring (bicyclic) bond motifs is 1. The summed E-state index contributed by atoms with van der Waals surface area (Å²) < 4.78 is 39.6. The van der Waals surface area contributed by atoms with Crippen LogP contribution < -0.4 is 10.1 Å². The molecule has 2 aromatic rings. The van der Waals surface area contributed by atoms with E-state index in [0.717, 1.165) is 11.3 Å². The summed E-state index contributed by atoms with van der Waals surface area (Å²) in [5.74, 6) is -0.810. The first-order valence-electron chi connectivity index (χ1n) is 12.7. The van der Waals surface area contributed by atoms with Crippen LogP contribution in [0.15, 0.2) is 39.9 Å². The van der Waals surface area contributed by atoms with Gasteiger partial charge in [0, 0.05) is 38.6 Å². The number of amides is 2. The highest BCUT2D eigenvalue weighted by molar-refractivity contribution is 7.91. The molecule has 0 spiro atoms. The van der Waals surface area contributed by atoms with Gasteiger partial charge in [-0.3, -0.25) is 9.59 Å². The highest BCUT2D eigenvalue weighted by atomic mass is 32.2. The SMILES string of the molecule is C[C@H]1CN([C@@H](C)CO)C(=O)c2cccc(NC(=O)C3CCOCC3)c2O[C@@H]1CN(C)S(=O)(=O)c1cccs1. The summed E-state index contributed by atoms with van der Waals surface area (Å²) in [5, 5.41) is 14.5. The molecule has 1 aromatic carbocycles. The van der Waals surface area contributed by atoms with Crippen LogP contribution in [0.3, 0.4) is 0 Å². The Kier molecular flexibility index (Phi) is 9.09. The van der Waals surface area contributed by atoms with Crippen molar-refractivity contribution in [1.29, 1.82) is 0 Å². The van der Waals surface area contributed by atoms with E-state index >= 15 is 0 Å². The van der Waals surface area contributed by atoms with Gasteiger partial charge in [0.25, 0.3) is 15.9 Å². The van der Waals surface area contributed by atoms with E-state index in [9.17, 15) is 23.1 Å². The second-order valence-corrected chi connectivity index (χ2v) is 13.1. The van der Waals surface area contributed by atoms with Gasteiger partial charge in [-0.25, -0.2) is 8.42 Å². The van der Waals surface area contributed by atoms with Crippen LogP contribution >= 0.6 is 11.3 Å². The number of thiophene rings is 1. The smallest absolute Gasteiger partial charge is 0.258 e. The van der Waals surface area contributed by atoms with Crippen molar-refractivity contribution < 1.29 is 32.6 Å². The first kappa shape index (κ1) is 28.5. The predicted octanol–water partition coefficient (Wildman–Crippen LogP) is 2.65. The summed E-state index contributed by atoms with van der Waals surface area (Å²) in [6.07, 6.45) is 0.567. The van der Waals surface area contributed by atoms with Crippen molar-refractivity contribution in [2.75, 3.05) is 45.3 Å². The van der Waals surface area contributed by atoms with Crippen LogP contribution in [0.25, 0.3) is 0 Å². The first-order chi connectivity index (χ1) is 18.1. The van der Waals surface area contributed by atoms with E-state index in [1.165, 1.54) is 11.4 Å². The summed E-state index contributed by atoms with van der Waals surface area (Å²) in [6.45, 7) is 4.72. The Labute approximate surface area is 227 Å². The maximum atomic E-state index is 13.6. The molecular formula is C26H35N3O7S2. The van der Waals surface area contributed by atoms with Crippen molar-refractivity contribution in [1.82, 2.24) is 9.21 Å². The van der Waals surface area contributed by atoms with Crippen LogP contribution in [0, 0.1) is 11.8 Å². The minimum absolute atomic E-state index is 0.0264. The number of aliphatic hydroxyl groups excluding tert-OH is 1.